The molecule has 1 aliphatic rings. The van der Waals surface area contributed by atoms with Gasteiger partial charge in [-0.25, -0.2) is 4.68 Å². The Hall–Kier alpha value is -2.97. The Balaban J connectivity index is 0.000000162. The second kappa shape index (κ2) is 20.9. The first-order valence-electron chi connectivity index (χ1n) is 17.3. The standard InChI is InChI=1S/C16H15BrN2O.C9H11IO.C8H18N2.C7H5BrN2/c1-11(2)20-15-7-5-14(6-8-15)19-16-9-13(17)4-3-12(16)10-18-19;1-7(2)11-9-5-3-8(10)4-6-9;1-9-7-5-3-4-6-8(7)10-2;8-6-2-1-5-4-9-10-7(5)3-6/h3-11H,1-2H3;3-7H,1-2H3;7-10H,3-6H2,1-2H3;1-4H,(H,9,10)/t;;7-,8-;/m..0./s1. The van der Waals surface area contributed by atoms with Crippen molar-refractivity contribution in [3.05, 3.63) is 110 Å². The Labute approximate surface area is 332 Å². The fourth-order valence-electron chi connectivity index (χ4n) is 5.65. The van der Waals surface area contributed by atoms with E-state index < -0.39 is 0 Å². The highest BCUT2D eigenvalue weighted by Gasteiger charge is 2.21. The number of nitrogens with zero attached hydrogens (tertiary/aromatic N) is 3. The molecule has 8 nitrogen and oxygen atoms in total. The number of rotatable bonds is 7. The molecular weight excluding hydrogens is 883 g/mol. The number of nitrogens with one attached hydrogen (secondary N) is 3. The van der Waals surface area contributed by atoms with E-state index in [2.05, 4.69) is 107 Å². The van der Waals surface area contributed by atoms with Gasteiger partial charge in [0.05, 0.1) is 41.3 Å². The monoisotopic (exact) mass is 930 g/mol. The number of aromatic nitrogens is 4. The SMILES string of the molecule is Brc1ccc2cn[nH]c2c1.CC(C)Oc1ccc(-n2ncc3ccc(Br)cc32)cc1.CC(C)Oc1ccc(I)cc1.CN[C@H]1CCCC[C@@H]1NC. The first kappa shape index (κ1) is 40.8. The zero-order valence-corrected chi connectivity index (χ0v) is 35.5. The Morgan fingerprint density at radius 3 is 1.80 bits per heavy atom. The van der Waals surface area contributed by atoms with E-state index in [1.165, 1.54) is 29.3 Å². The van der Waals surface area contributed by atoms with E-state index in [1.54, 1.807) is 0 Å². The average molecular weight is 933 g/mol. The summed E-state index contributed by atoms with van der Waals surface area (Å²) in [7, 11) is 4.11. The minimum atomic E-state index is 0.183. The van der Waals surface area contributed by atoms with Gasteiger partial charge in [-0.3, -0.25) is 5.10 Å². The van der Waals surface area contributed by atoms with E-state index in [1.807, 2.05) is 118 Å². The number of likely N-dealkylation sites (N-methyl/N-ethyl adjacent to an activating group) is 2. The fraction of sp³-hybridized carbons (Fsp3) is 0.350. The zero-order valence-electron chi connectivity index (χ0n) is 30.2. The highest BCUT2D eigenvalue weighted by molar-refractivity contribution is 14.1. The second-order valence-corrected chi connectivity index (χ2v) is 15.8. The summed E-state index contributed by atoms with van der Waals surface area (Å²) < 4.78 is 16.4. The van der Waals surface area contributed by atoms with Gasteiger partial charge in [0.25, 0.3) is 0 Å². The predicted molar refractivity (Wildman–Crippen MR) is 227 cm³/mol. The van der Waals surface area contributed by atoms with E-state index in [9.17, 15) is 0 Å². The van der Waals surface area contributed by atoms with Gasteiger partial charge in [0.15, 0.2) is 0 Å². The van der Waals surface area contributed by atoms with Gasteiger partial charge in [-0.05, 0) is 150 Å². The maximum Gasteiger partial charge on any atom is 0.119 e. The topological polar surface area (TPSA) is 89.0 Å². The lowest BCUT2D eigenvalue weighted by atomic mass is 9.91. The van der Waals surface area contributed by atoms with Crippen LogP contribution < -0.4 is 20.1 Å². The van der Waals surface area contributed by atoms with Crippen LogP contribution >= 0.6 is 54.5 Å². The van der Waals surface area contributed by atoms with E-state index in [0.717, 1.165) is 47.9 Å². The normalized spacial score (nSPS) is 15.4. The van der Waals surface area contributed by atoms with Crippen LogP contribution in [0.25, 0.3) is 27.5 Å². The maximum atomic E-state index is 5.66. The number of fused-ring (bicyclic) bond motifs is 2. The molecule has 272 valence electrons. The fourth-order valence-corrected chi connectivity index (χ4v) is 6.72. The molecule has 1 aliphatic carbocycles. The number of ether oxygens (including phenoxy) is 2. The van der Waals surface area contributed by atoms with Crippen molar-refractivity contribution >= 4 is 76.3 Å². The lowest BCUT2D eigenvalue weighted by Crippen LogP contribution is -2.47. The third-order valence-corrected chi connectivity index (χ3v) is 9.79. The molecule has 0 bridgehead atoms. The van der Waals surface area contributed by atoms with Crippen LogP contribution in [0, 0.1) is 3.57 Å². The van der Waals surface area contributed by atoms with Crippen molar-refractivity contribution in [3.63, 3.8) is 0 Å². The molecule has 2 atom stereocenters. The van der Waals surface area contributed by atoms with Crippen molar-refractivity contribution in [1.29, 1.82) is 0 Å². The van der Waals surface area contributed by atoms with Crippen molar-refractivity contribution in [2.75, 3.05) is 14.1 Å². The molecule has 2 aromatic heterocycles. The van der Waals surface area contributed by atoms with Crippen LogP contribution in [0.1, 0.15) is 53.4 Å². The van der Waals surface area contributed by atoms with Gasteiger partial charge in [0.2, 0.25) is 0 Å². The van der Waals surface area contributed by atoms with E-state index in [-0.39, 0.29) is 12.2 Å². The van der Waals surface area contributed by atoms with Gasteiger partial charge in [-0.2, -0.15) is 10.2 Å². The van der Waals surface area contributed by atoms with Gasteiger partial charge in [0, 0.05) is 35.4 Å². The summed E-state index contributed by atoms with van der Waals surface area (Å²) in [5, 5.41) is 20.2. The van der Waals surface area contributed by atoms with Crippen LogP contribution in [-0.2, 0) is 0 Å². The van der Waals surface area contributed by atoms with Crippen molar-refractivity contribution in [2.45, 2.75) is 77.7 Å². The lowest BCUT2D eigenvalue weighted by Gasteiger charge is -2.30. The number of H-pyrrole nitrogens is 1. The molecule has 51 heavy (non-hydrogen) atoms. The van der Waals surface area contributed by atoms with Crippen LogP contribution in [0.3, 0.4) is 0 Å². The van der Waals surface area contributed by atoms with Gasteiger partial charge in [0.1, 0.15) is 11.5 Å². The average Bonchev–Trinajstić information content (AvgIpc) is 3.76. The second-order valence-electron chi connectivity index (χ2n) is 12.7. The van der Waals surface area contributed by atoms with E-state index in [0.29, 0.717) is 12.1 Å². The molecule has 0 unspecified atom stereocenters. The van der Waals surface area contributed by atoms with Crippen LogP contribution in [0.5, 0.6) is 11.5 Å². The summed E-state index contributed by atoms with van der Waals surface area (Å²) in [4.78, 5) is 0. The summed E-state index contributed by atoms with van der Waals surface area (Å²) in [5.41, 5.74) is 3.17. The number of benzene rings is 4. The molecule has 0 radical (unpaired) electrons. The smallest absolute Gasteiger partial charge is 0.119 e. The van der Waals surface area contributed by atoms with Gasteiger partial charge < -0.3 is 20.1 Å². The zero-order chi connectivity index (χ0) is 36.8. The predicted octanol–water partition coefficient (Wildman–Crippen LogP) is 10.7. The minimum absolute atomic E-state index is 0.183. The minimum Gasteiger partial charge on any atom is -0.491 e. The summed E-state index contributed by atoms with van der Waals surface area (Å²) in [5.74, 6) is 1.82. The van der Waals surface area contributed by atoms with E-state index in [4.69, 9.17) is 9.47 Å². The molecule has 6 aromatic rings. The Morgan fingerprint density at radius 1 is 0.725 bits per heavy atom. The van der Waals surface area contributed by atoms with Crippen molar-refractivity contribution < 1.29 is 9.47 Å². The Kier molecular flexibility index (Phi) is 16.7. The Bertz CT molecular complexity index is 1880. The van der Waals surface area contributed by atoms with Crippen LogP contribution in [0.15, 0.2) is 106 Å². The number of aromatic amines is 1. The van der Waals surface area contributed by atoms with Crippen LogP contribution in [0.4, 0.5) is 0 Å². The van der Waals surface area contributed by atoms with Gasteiger partial charge >= 0.3 is 0 Å². The van der Waals surface area contributed by atoms with Crippen molar-refractivity contribution in [3.8, 4) is 17.2 Å². The number of hydrogen-bond acceptors (Lipinski definition) is 6. The third-order valence-electron chi connectivity index (χ3n) is 8.08. The summed E-state index contributed by atoms with van der Waals surface area (Å²) >= 11 is 9.15. The van der Waals surface area contributed by atoms with Gasteiger partial charge in [-0.15, -0.1) is 0 Å². The molecule has 0 saturated heterocycles. The first-order valence-corrected chi connectivity index (χ1v) is 20.0. The van der Waals surface area contributed by atoms with Crippen molar-refractivity contribution in [1.82, 2.24) is 30.6 Å². The molecule has 3 N–H and O–H groups in total. The molecule has 0 aliphatic heterocycles. The summed E-state index contributed by atoms with van der Waals surface area (Å²) in [6.45, 7) is 8.09. The van der Waals surface area contributed by atoms with Gasteiger partial charge in [-0.1, -0.05) is 56.8 Å². The molecule has 11 heteroatoms. The van der Waals surface area contributed by atoms with Crippen LogP contribution in [0.2, 0.25) is 0 Å². The van der Waals surface area contributed by atoms with Crippen LogP contribution in [-0.4, -0.2) is 58.4 Å². The highest BCUT2D eigenvalue weighted by Crippen LogP contribution is 2.24. The van der Waals surface area contributed by atoms with E-state index >= 15 is 0 Å². The summed E-state index contributed by atoms with van der Waals surface area (Å²) in [6.07, 6.45) is 9.58. The lowest BCUT2D eigenvalue weighted by molar-refractivity contribution is 0.242. The number of hydrogen-bond donors (Lipinski definition) is 3. The molecule has 7 rings (SSSR count). The molecule has 2 heterocycles. The largest absolute Gasteiger partial charge is 0.491 e. The third kappa shape index (κ3) is 13.2. The molecule has 0 spiro atoms. The Morgan fingerprint density at radius 2 is 1.25 bits per heavy atom. The molecular formula is C40H49Br2IN6O2. The highest BCUT2D eigenvalue weighted by atomic mass is 127. The maximum absolute atomic E-state index is 5.66. The molecule has 4 aromatic carbocycles. The molecule has 0 amide bonds. The quantitative estimate of drug-likeness (QED) is 0.138. The summed E-state index contributed by atoms with van der Waals surface area (Å²) in [6, 6.07) is 29.6. The first-order chi connectivity index (χ1) is 24.6. The number of halogens is 3. The molecule has 1 saturated carbocycles. The molecule has 1 fully saturated rings. The van der Waals surface area contributed by atoms with Crippen molar-refractivity contribution in [2.24, 2.45) is 0 Å².